The van der Waals surface area contributed by atoms with Crippen molar-refractivity contribution in [1.29, 1.82) is 0 Å². The molecule has 0 aliphatic rings. The lowest BCUT2D eigenvalue weighted by atomic mass is 9.93. The number of nitrogens with zero attached hydrogens (tertiary/aromatic N) is 2. The minimum atomic E-state index is -1.05. The molecule has 0 radical (unpaired) electrons. The lowest BCUT2D eigenvalue weighted by molar-refractivity contribution is 0.0267. The highest BCUT2D eigenvalue weighted by Crippen LogP contribution is 2.22. The predicted octanol–water partition coefficient (Wildman–Crippen LogP) is 1.68. The van der Waals surface area contributed by atoms with Crippen LogP contribution in [0.2, 0.25) is 0 Å². The minimum Gasteiger partial charge on any atom is -0.382 e. The maximum Gasteiger partial charge on any atom is 0.120 e. The van der Waals surface area contributed by atoms with E-state index < -0.39 is 5.60 Å². The Labute approximate surface area is 113 Å². The molecule has 0 saturated carbocycles. The van der Waals surface area contributed by atoms with Gasteiger partial charge in [-0.2, -0.15) is 0 Å². The fourth-order valence-electron chi connectivity index (χ4n) is 2.24. The summed E-state index contributed by atoms with van der Waals surface area (Å²) in [6.45, 7) is 2.73. The van der Waals surface area contributed by atoms with Gasteiger partial charge in [-0.1, -0.05) is 37.3 Å². The fourth-order valence-corrected chi connectivity index (χ4v) is 2.24. The van der Waals surface area contributed by atoms with E-state index in [1.807, 2.05) is 41.1 Å². The van der Waals surface area contributed by atoms with Crippen LogP contribution in [0, 0.1) is 0 Å². The molecule has 0 fully saturated rings. The summed E-state index contributed by atoms with van der Waals surface area (Å²) in [5.41, 5.74) is 5.59. The lowest BCUT2D eigenvalue weighted by Gasteiger charge is -2.28. The van der Waals surface area contributed by atoms with E-state index in [1.54, 1.807) is 6.20 Å². The predicted molar refractivity (Wildman–Crippen MR) is 75.6 cm³/mol. The summed E-state index contributed by atoms with van der Waals surface area (Å²) < 4.78 is 1.99. The van der Waals surface area contributed by atoms with Crippen molar-refractivity contribution in [3.05, 3.63) is 54.1 Å². The lowest BCUT2D eigenvalue weighted by Crippen LogP contribution is -2.39. The molecule has 0 aliphatic carbocycles. The van der Waals surface area contributed by atoms with Crippen molar-refractivity contribution in [2.75, 3.05) is 6.54 Å². The van der Waals surface area contributed by atoms with Crippen molar-refractivity contribution < 1.29 is 5.11 Å². The Hall–Kier alpha value is -1.65. The van der Waals surface area contributed by atoms with Gasteiger partial charge in [0.05, 0.1) is 6.54 Å². The number of benzene rings is 1. The molecule has 0 bridgehead atoms. The SMILES string of the molecule is CCCc1nccn1CC(O)(CN)c1ccccc1. The second-order valence-electron chi connectivity index (χ2n) is 4.82. The molecule has 0 saturated heterocycles. The van der Waals surface area contributed by atoms with Gasteiger partial charge in [-0.15, -0.1) is 0 Å². The van der Waals surface area contributed by atoms with Gasteiger partial charge < -0.3 is 15.4 Å². The number of aromatic nitrogens is 2. The van der Waals surface area contributed by atoms with E-state index in [2.05, 4.69) is 11.9 Å². The number of aryl methyl sites for hydroxylation is 1. The summed E-state index contributed by atoms with van der Waals surface area (Å²) in [5, 5.41) is 10.8. The average molecular weight is 259 g/mol. The molecule has 3 N–H and O–H groups in total. The Kier molecular flexibility index (Phi) is 4.35. The van der Waals surface area contributed by atoms with Gasteiger partial charge in [0, 0.05) is 25.4 Å². The molecule has 1 heterocycles. The third-order valence-corrected chi connectivity index (χ3v) is 3.36. The second-order valence-corrected chi connectivity index (χ2v) is 4.82. The Balaban J connectivity index is 2.25. The van der Waals surface area contributed by atoms with Crippen molar-refractivity contribution in [2.45, 2.75) is 31.9 Å². The molecule has 2 rings (SSSR count). The van der Waals surface area contributed by atoms with Crippen LogP contribution in [0.25, 0.3) is 0 Å². The molecule has 1 aromatic heterocycles. The molecule has 102 valence electrons. The van der Waals surface area contributed by atoms with Gasteiger partial charge in [0.1, 0.15) is 11.4 Å². The van der Waals surface area contributed by atoms with Crippen LogP contribution in [0.5, 0.6) is 0 Å². The Bertz CT molecular complexity index is 509. The zero-order chi connectivity index (χ0) is 13.7. The van der Waals surface area contributed by atoms with Crippen LogP contribution in [0.15, 0.2) is 42.7 Å². The molecule has 4 heteroatoms. The molecule has 1 aromatic carbocycles. The van der Waals surface area contributed by atoms with E-state index >= 15 is 0 Å². The summed E-state index contributed by atoms with van der Waals surface area (Å²) >= 11 is 0. The molecule has 2 aromatic rings. The van der Waals surface area contributed by atoms with Crippen molar-refractivity contribution >= 4 is 0 Å². The molecule has 19 heavy (non-hydrogen) atoms. The van der Waals surface area contributed by atoms with E-state index in [9.17, 15) is 5.11 Å². The highest BCUT2D eigenvalue weighted by atomic mass is 16.3. The van der Waals surface area contributed by atoms with Gasteiger partial charge in [-0.25, -0.2) is 4.98 Å². The van der Waals surface area contributed by atoms with Crippen LogP contribution in [0.4, 0.5) is 0 Å². The van der Waals surface area contributed by atoms with Crippen molar-refractivity contribution in [1.82, 2.24) is 9.55 Å². The molecule has 1 atom stereocenters. The first-order valence-corrected chi connectivity index (χ1v) is 6.67. The molecular formula is C15H21N3O. The zero-order valence-electron chi connectivity index (χ0n) is 11.3. The smallest absolute Gasteiger partial charge is 0.120 e. The fraction of sp³-hybridized carbons (Fsp3) is 0.400. The highest BCUT2D eigenvalue weighted by molar-refractivity contribution is 5.22. The normalized spacial score (nSPS) is 14.3. The standard InChI is InChI=1S/C15H21N3O/c1-2-6-14-17-9-10-18(14)12-15(19,11-16)13-7-4-3-5-8-13/h3-5,7-10,19H,2,6,11-12,16H2,1H3. The highest BCUT2D eigenvalue weighted by Gasteiger charge is 2.28. The van der Waals surface area contributed by atoms with E-state index in [1.165, 1.54) is 0 Å². The number of nitrogens with two attached hydrogens (primary N) is 1. The summed E-state index contributed by atoms with van der Waals surface area (Å²) in [6.07, 6.45) is 5.60. The van der Waals surface area contributed by atoms with Crippen LogP contribution in [-0.2, 0) is 18.6 Å². The number of hydrogen-bond donors (Lipinski definition) is 2. The van der Waals surface area contributed by atoms with Crippen LogP contribution in [0.3, 0.4) is 0 Å². The van der Waals surface area contributed by atoms with Gasteiger partial charge in [0.25, 0.3) is 0 Å². The van der Waals surface area contributed by atoms with E-state index in [0.29, 0.717) is 6.54 Å². The third kappa shape index (κ3) is 3.03. The third-order valence-electron chi connectivity index (χ3n) is 3.36. The second kappa shape index (κ2) is 5.99. The summed E-state index contributed by atoms with van der Waals surface area (Å²) in [6, 6.07) is 9.57. The number of aliphatic hydroxyl groups is 1. The van der Waals surface area contributed by atoms with Gasteiger partial charge in [0.15, 0.2) is 0 Å². The average Bonchev–Trinajstić information content (AvgIpc) is 2.87. The van der Waals surface area contributed by atoms with Crippen LogP contribution in [-0.4, -0.2) is 21.2 Å². The molecular weight excluding hydrogens is 238 g/mol. The summed E-state index contributed by atoms with van der Waals surface area (Å²) in [4.78, 5) is 4.33. The largest absolute Gasteiger partial charge is 0.382 e. The monoisotopic (exact) mass is 259 g/mol. The van der Waals surface area contributed by atoms with Crippen molar-refractivity contribution in [3.8, 4) is 0 Å². The maximum absolute atomic E-state index is 10.8. The van der Waals surface area contributed by atoms with E-state index in [4.69, 9.17) is 5.73 Å². The number of imidazole rings is 1. The van der Waals surface area contributed by atoms with Crippen molar-refractivity contribution in [2.24, 2.45) is 5.73 Å². The van der Waals surface area contributed by atoms with Crippen LogP contribution >= 0.6 is 0 Å². The first-order chi connectivity index (χ1) is 9.19. The van der Waals surface area contributed by atoms with Gasteiger partial charge in [-0.05, 0) is 12.0 Å². The van der Waals surface area contributed by atoms with E-state index in [0.717, 1.165) is 24.2 Å². The van der Waals surface area contributed by atoms with Gasteiger partial charge in [0.2, 0.25) is 0 Å². The minimum absolute atomic E-state index is 0.181. The molecule has 0 spiro atoms. The van der Waals surface area contributed by atoms with Crippen LogP contribution in [0.1, 0.15) is 24.7 Å². The molecule has 1 unspecified atom stereocenters. The first-order valence-electron chi connectivity index (χ1n) is 6.67. The number of hydrogen-bond acceptors (Lipinski definition) is 3. The molecule has 0 aliphatic heterocycles. The number of rotatable bonds is 6. The van der Waals surface area contributed by atoms with Gasteiger partial charge >= 0.3 is 0 Å². The van der Waals surface area contributed by atoms with E-state index in [-0.39, 0.29) is 6.54 Å². The quantitative estimate of drug-likeness (QED) is 0.829. The van der Waals surface area contributed by atoms with Crippen LogP contribution < -0.4 is 5.73 Å². The first kappa shape index (κ1) is 13.8. The molecule has 4 nitrogen and oxygen atoms in total. The topological polar surface area (TPSA) is 64.1 Å². The maximum atomic E-state index is 10.8. The summed E-state index contributed by atoms with van der Waals surface area (Å²) in [5.74, 6) is 0.991. The van der Waals surface area contributed by atoms with Crippen molar-refractivity contribution in [3.63, 3.8) is 0 Å². The Morgan fingerprint density at radius 3 is 2.68 bits per heavy atom. The zero-order valence-corrected chi connectivity index (χ0v) is 11.3. The molecule has 0 amide bonds. The van der Waals surface area contributed by atoms with Gasteiger partial charge in [-0.3, -0.25) is 0 Å². The Morgan fingerprint density at radius 2 is 2.05 bits per heavy atom. The Morgan fingerprint density at radius 1 is 1.32 bits per heavy atom. The summed E-state index contributed by atoms with van der Waals surface area (Å²) in [7, 11) is 0.